The lowest BCUT2D eigenvalue weighted by molar-refractivity contribution is 0.0935. The van der Waals surface area contributed by atoms with Crippen molar-refractivity contribution in [3.63, 3.8) is 0 Å². The van der Waals surface area contributed by atoms with Gasteiger partial charge in [-0.3, -0.25) is 9.00 Å². The number of rotatable bonds is 3. The van der Waals surface area contributed by atoms with Crippen LogP contribution in [0.4, 0.5) is 0 Å². The first-order valence-corrected chi connectivity index (χ1v) is 8.41. The molecule has 2 unspecified atom stereocenters. The summed E-state index contributed by atoms with van der Waals surface area (Å²) in [5.74, 6) is 0.809. The van der Waals surface area contributed by atoms with Crippen molar-refractivity contribution in [3.05, 3.63) is 16.9 Å². The molecule has 2 heterocycles. The third kappa shape index (κ3) is 3.21. The smallest absolute Gasteiger partial charge is 0.271 e. The van der Waals surface area contributed by atoms with E-state index >= 15 is 0 Å². The lowest BCUT2D eigenvalue weighted by atomic mass is 10.2. The van der Waals surface area contributed by atoms with E-state index in [1.165, 1.54) is 18.0 Å². The van der Waals surface area contributed by atoms with Crippen LogP contribution in [0, 0.1) is 0 Å². The second-order valence-electron chi connectivity index (χ2n) is 3.82. The zero-order valence-electron chi connectivity index (χ0n) is 9.68. The molecule has 8 heteroatoms. The van der Waals surface area contributed by atoms with Crippen molar-refractivity contribution in [1.82, 2.24) is 15.3 Å². The summed E-state index contributed by atoms with van der Waals surface area (Å²) >= 11 is 7.25. The number of hydrogen-bond donors (Lipinski definition) is 1. The summed E-state index contributed by atoms with van der Waals surface area (Å²) in [7, 11) is -0.822. The molecule has 0 aromatic carbocycles. The second-order valence-corrected chi connectivity index (χ2v) is 6.62. The SMILES string of the molecule is CSc1ncc(Cl)c(C(=O)NC2CCS(=O)C2)n1. The normalized spacial score (nSPS) is 23.0. The third-order valence-corrected chi connectivity index (χ3v) is 4.84. The molecule has 2 atom stereocenters. The van der Waals surface area contributed by atoms with Gasteiger partial charge in [0.05, 0.1) is 11.2 Å². The molecule has 0 radical (unpaired) electrons. The first-order valence-electron chi connectivity index (χ1n) is 5.32. The van der Waals surface area contributed by atoms with E-state index in [1.807, 2.05) is 6.26 Å². The van der Waals surface area contributed by atoms with Crippen molar-refractivity contribution in [3.8, 4) is 0 Å². The first-order chi connectivity index (χ1) is 8.60. The average Bonchev–Trinajstić information content (AvgIpc) is 2.75. The predicted molar refractivity (Wildman–Crippen MR) is 72.6 cm³/mol. The molecule has 1 aliphatic rings. The Kier molecular flexibility index (Phi) is 4.58. The summed E-state index contributed by atoms with van der Waals surface area (Å²) in [5.41, 5.74) is 0.175. The molecule has 1 aliphatic heterocycles. The maximum Gasteiger partial charge on any atom is 0.271 e. The van der Waals surface area contributed by atoms with Crippen LogP contribution in [0.15, 0.2) is 11.4 Å². The first kappa shape index (κ1) is 13.8. The largest absolute Gasteiger partial charge is 0.347 e. The van der Waals surface area contributed by atoms with Gasteiger partial charge in [-0.25, -0.2) is 9.97 Å². The molecule has 1 N–H and O–H groups in total. The molecule has 1 aromatic rings. The van der Waals surface area contributed by atoms with Gasteiger partial charge in [-0.1, -0.05) is 23.4 Å². The second kappa shape index (κ2) is 5.99. The van der Waals surface area contributed by atoms with Crippen LogP contribution in [-0.2, 0) is 10.8 Å². The van der Waals surface area contributed by atoms with Gasteiger partial charge < -0.3 is 5.32 Å². The highest BCUT2D eigenvalue weighted by atomic mass is 35.5. The Bertz CT molecular complexity index is 498. The number of carbonyl (C=O) groups is 1. The van der Waals surface area contributed by atoms with E-state index < -0.39 is 10.8 Å². The predicted octanol–water partition coefficient (Wildman–Crippen LogP) is 1.10. The van der Waals surface area contributed by atoms with Crippen molar-refractivity contribution < 1.29 is 9.00 Å². The molecule has 1 saturated heterocycles. The van der Waals surface area contributed by atoms with E-state index in [0.29, 0.717) is 16.7 Å². The van der Waals surface area contributed by atoms with Crippen LogP contribution in [0.1, 0.15) is 16.9 Å². The number of hydrogen-bond acceptors (Lipinski definition) is 5. The van der Waals surface area contributed by atoms with Crippen molar-refractivity contribution in [2.24, 2.45) is 0 Å². The van der Waals surface area contributed by atoms with Crippen LogP contribution >= 0.6 is 23.4 Å². The van der Waals surface area contributed by atoms with Crippen LogP contribution in [-0.4, -0.2) is 43.9 Å². The minimum atomic E-state index is -0.822. The van der Waals surface area contributed by atoms with E-state index in [9.17, 15) is 9.00 Å². The van der Waals surface area contributed by atoms with Crippen molar-refractivity contribution in [1.29, 1.82) is 0 Å². The highest BCUT2D eigenvalue weighted by molar-refractivity contribution is 7.98. The van der Waals surface area contributed by atoms with Gasteiger partial charge >= 0.3 is 0 Å². The molecule has 0 spiro atoms. The highest BCUT2D eigenvalue weighted by Gasteiger charge is 2.24. The minimum absolute atomic E-state index is 0.0536. The number of nitrogens with one attached hydrogen (secondary N) is 1. The number of amides is 1. The van der Waals surface area contributed by atoms with Crippen molar-refractivity contribution >= 4 is 40.1 Å². The van der Waals surface area contributed by atoms with E-state index in [1.54, 1.807) is 0 Å². The molecule has 5 nitrogen and oxygen atoms in total. The quantitative estimate of drug-likeness (QED) is 0.669. The lowest BCUT2D eigenvalue weighted by Crippen LogP contribution is -2.35. The summed E-state index contributed by atoms with van der Waals surface area (Å²) < 4.78 is 11.2. The molecule has 1 fully saturated rings. The Labute approximate surface area is 117 Å². The van der Waals surface area contributed by atoms with Gasteiger partial charge in [-0.2, -0.15) is 0 Å². The highest BCUT2D eigenvalue weighted by Crippen LogP contribution is 2.17. The van der Waals surface area contributed by atoms with Crippen molar-refractivity contribution in [2.75, 3.05) is 17.8 Å². The standard InChI is InChI=1S/C10H12ClN3O2S2/c1-17-10-12-4-7(11)8(14-10)9(15)13-6-2-3-18(16)5-6/h4,6H,2-3,5H2,1H3,(H,13,15). The Morgan fingerprint density at radius 3 is 3.06 bits per heavy atom. The summed E-state index contributed by atoms with van der Waals surface area (Å²) in [6.07, 6.45) is 3.98. The van der Waals surface area contributed by atoms with E-state index in [-0.39, 0.29) is 22.7 Å². The number of carbonyl (C=O) groups excluding carboxylic acids is 1. The van der Waals surface area contributed by atoms with E-state index in [2.05, 4.69) is 15.3 Å². The zero-order chi connectivity index (χ0) is 13.1. The van der Waals surface area contributed by atoms with Gasteiger partial charge in [0.2, 0.25) is 0 Å². The molecule has 18 heavy (non-hydrogen) atoms. The molecule has 1 amide bonds. The minimum Gasteiger partial charge on any atom is -0.347 e. The van der Waals surface area contributed by atoms with Crippen LogP contribution in [0.5, 0.6) is 0 Å². The third-order valence-electron chi connectivity index (χ3n) is 2.54. The van der Waals surface area contributed by atoms with Gasteiger partial charge in [0.25, 0.3) is 5.91 Å². The fourth-order valence-corrected chi connectivity index (χ4v) is 3.57. The zero-order valence-corrected chi connectivity index (χ0v) is 12.1. The molecule has 2 rings (SSSR count). The molecular weight excluding hydrogens is 294 g/mol. The number of thioether (sulfide) groups is 1. The Balaban J connectivity index is 2.10. The molecule has 0 saturated carbocycles. The number of nitrogens with zero attached hydrogens (tertiary/aromatic N) is 2. The molecule has 0 aliphatic carbocycles. The summed E-state index contributed by atoms with van der Waals surface area (Å²) in [5, 5.41) is 3.53. The van der Waals surface area contributed by atoms with E-state index in [0.717, 1.165) is 6.42 Å². The van der Waals surface area contributed by atoms with E-state index in [4.69, 9.17) is 11.6 Å². The Hall–Kier alpha value is -0.660. The van der Waals surface area contributed by atoms with Crippen LogP contribution < -0.4 is 5.32 Å². The van der Waals surface area contributed by atoms with Crippen LogP contribution in [0.2, 0.25) is 5.02 Å². The summed E-state index contributed by atoms with van der Waals surface area (Å²) in [4.78, 5) is 20.1. The molecular formula is C10H12ClN3O2S2. The molecule has 0 bridgehead atoms. The lowest BCUT2D eigenvalue weighted by Gasteiger charge is -2.11. The Morgan fingerprint density at radius 2 is 2.44 bits per heavy atom. The van der Waals surface area contributed by atoms with Gasteiger partial charge in [0.1, 0.15) is 0 Å². The summed E-state index contributed by atoms with van der Waals surface area (Å²) in [6.45, 7) is 0. The monoisotopic (exact) mass is 305 g/mol. The topological polar surface area (TPSA) is 72.0 Å². The fraction of sp³-hybridized carbons (Fsp3) is 0.500. The fourth-order valence-electron chi connectivity index (χ4n) is 1.64. The van der Waals surface area contributed by atoms with Gasteiger partial charge in [0.15, 0.2) is 10.9 Å². The van der Waals surface area contributed by atoms with Crippen molar-refractivity contribution in [2.45, 2.75) is 17.6 Å². The number of aromatic nitrogens is 2. The van der Waals surface area contributed by atoms with Gasteiger partial charge in [0, 0.05) is 28.3 Å². The molecule has 98 valence electrons. The molecule has 1 aromatic heterocycles. The summed E-state index contributed by atoms with van der Waals surface area (Å²) in [6, 6.07) is -0.0536. The Morgan fingerprint density at radius 1 is 1.67 bits per heavy atom. The number of halogens is 1. The van der Waals surface area contributed by atoms with Crippen LogP contribution in [0.25, 0.3) is 0 Å². The van der Waals surface area contributed by atoms with Crippen LogP contribution in [0.3, 0.4) is 0 Å². The van der Waals surface area contributed by atoms with Gasteiger partial charge in [-0.05, 0) is 12.7 Å². The maximum atomic E-state index is 12.0. The maximum absolute atomic E-state index is 12.0. The van der Waals surface area contributed by atoms with Gasteiger partial charge in [-0.15, -0.1) is 0 Å². The average molecular weight is 306 g/mol.